The van der Waals surface area contributed by atoms with Gasteiger partial charge < -0.3 is 15.4 Å². The molecule has 0 aliphatic carbocycles. The number of aliphatic imine (C=N–C) groups is 1. The second-order valence-corrected chi connectivity index (χ2v) is 7.40. The second-order valence-electron chi connectivity index (χ2n) is 7.40. The van der Waals surface area contributed by atoms with E-state index in [1.54, 1.807) is 0 Å². The minimum atomic E-state index is 0. The van der Waals surface area contributed by atoms with Gasteiger partial charge in [-0.15, -0.1) is 24.0 Å². The van der Waals surface area contributed by atoms with Crippen molar-refractivity contribution in [2.24, 2.45) is 4.99 Å². The van der Waals surface area contributed by atoms with Crippen molar-refractivity contribution in [3.8, 4) is 0 Å². The molecule has 5 nitrogen and oxygen atoms in total. The zero-order chi connectivity index (χ0) is 18.0. The van der Waals surface area contributed by atoms with Gasteiger partial charge in [0.1, 0.15) is 0 Å². The second kappa shape index (κ2) is 12.6. The first-order valence-electron chi connectivity index (χ1n) is 10.2. The van der Waals surface area contributed by atoms with Gasteiger partial charge in [-0.25, -0.2) is 0 Å². The average molecular weight is 486 g/mol. The lowest BCUT2D eigenvalue weighted by molar-refractivity contribution is 0.114. The Labute approximate surface area is 181 Å². The van der Waals surface area contributed by atoms with Crippen LogP contribution in [0.4, 0.5) is 0 Å². The zero-order valence-corrected chi connectivity index (χ0v) is 18.9. The molecule has 1 aromatic rings. The first kappa shape index (κ1) is 22.4. The molecule has 6 heteroatoms. The minimum Gasteiger partial charge on any atom is -0.376 e. The molecule has 2 heterocycles. The van der Waals surface area contributed by atoms with E-state index in [2.05, 4.69) is 44.8 Å². The third-order valence-corrected chi connectivity index (χ3v) is 5.40. The van der Waals surface area contributed by atoms with Gasteiger partial charge in [-0.3, -0.25) is 9.89 Å². The number of ether oxygens (including phenoxy) is 1. The lowest BCUT2D eigenvalue weighted by atomic mass is 10.1. The molecule has 1 aromatic carbocycles. The van der Waals surface area contributed by atoms with Crippen molar-refractivity contribution in [2.45, 2.75) is 57.7 Å². The van der Waals surface area contributed by atoms with Crippen molar-refractivity contribution in [1.82, 2.24) is 15.5 Å². The summed E-state index contributed by atoms with van der Waals surface area (Å²) in [7, 11) is 1.83. The van der Waals surface area contributed by atoms with E-state index in [0.717, 1.165) is 38.6 Å². The third-order valence-electron chi connectivity index (χ3n) is 5.40. The van der Waals surface area contributed by atoms with Gasteiger partial charge >= 0.3 is 0 Å². The molecule has 152 valence electrons. The zero-order valence-electron chi connectivity index (χ0n) is 16.6. The Bertz CT molecular complexity index is 567. The van der Waals surface area contributed by atoms with Crippen LogP contribution in [0.1, 0.15) is 49.7 Å². The minimum absolute atomic E-state index is 0. The fourth-order valence-corrected chi connectivity index (χ4v) is 3.83. The Morgan fingerprint density at radius 3 is 2.48 bits per heavy atom. The van der Waals surface area contributed by atoms with Crippen LogP contribution < -0.4 is 10.6 Å². The SMILES string of the molecule is CN=C(NCc1ccccc1CN1CCCCCC1)NCC1CCCO1.I. The van der Waals surface area contributed by atoms with Gasteiger partial charge in [-0.2, -0.15) is 0 Å². The van der Waals surface area contributed by atoms with Gasteiger partial charge in [0.2, 0.25) is 0 Å². The van der Waals surface area contributed by atoms with Crippen LogP contribution in [0.2, 0.25) is 0 Å². The number of likely N-dealkylation sites (tertiary alicyclic amines) is 1. The molecule has 0 saturated carbocycles. The summed E-state index contributed by atoms with van der Waals surface area (Å²) >= 11 is 0. The van der Waals surface area contributed by atoms with E-state index in [1.165, 1.54) is 56.3 Å². The molecule has 0 amide bonds. The van der Waals surface area contributed by atoms with Crippen molar-refractivity contribution >= 4 is 29.9 Å². The lowest BCUT2D eigenvalue weighted by Gasteiger charge is -2.22. The van der Waals surface area contributed by atoms with Crippen LogP contribution in [0.25, 0.3) is 0 Å². The molecule has 0 radical (unpaired) electrons. The van der Waals surface area contributed by atoms with Crippen LogP contribution in [0, 0.1) is 0 Å². The monoisotopic (exact) mass is 486 g/mol. The summed E-state index contributed by atoms with van der Waals surface area (Å²) in [6.07, 6.45) is 8.06. The van der Waals surface area contributed by atoms with Gasteiger partial charge in [-0.1, -0.05) is 37.1 Å². The summed E-state index contributed by atoms with van der Waals surface area (Å²) < 4.78 is 5.67. The van der Waals surface area contributed by atoms with Crippen LogP contribution in [0.15, 0.2) is 29.3 Å². The van der Waals surface area contributed by atoms with E-state index in [4.69, 9.17) is 4.74 Å². The maximum atomic E-state index is 5.67. The number of nitrogens with zero attached hydrogens (tertiary/aromatic N) is 2. The van der Waals surface area contributed by atoms with Crippen LogP contribution in [0.5, 0.6) is 0 Å². The molecule has 2 saturated heterocycles. The molecule has 27 heavy (non-hydrogen) atoms. The first-order chi connectivity index (χ1) is 12.8. The maximum Gasteiger partial charge on any atom is 0.191 e. The fraction of sp³-hybridized carbons (Fsp3) is 0.667. The van der Waals surface area contributed by atoms with Crippen molar-refractivity contribution < 1.29 is 4.74 Å². The van der Waals surface area contributed by atoms with Crippen LogP contribution >= 0.6 is 24.0 Å². The highest BCUT2D eigenvalue weighted by Gasteiger charge is 2.16. The number of benzene rings is 1. The summed E-state index contributed by atoms with van der Waals surface area (Å²) in [5.74, 6) is 0.852. The number of halogens is 1. The summed E-state index contributed by atoms with van der Waals surface area (Å²) in [5, 5.41) is 6.86. The van der Waals surface area contributed by atoms with Crippen molar-refractivity contribution in [2.75, 3.05) is 33.3 Å². The van der Waals surface area contributed by atoms with Gasteiger partial charge in [0.05, 0.1) is 6.10 Å². The summed E-state index contributed by atoms with van der Waals surface area (Å²) in [5.41, 5.74) is 2.79. The lowest BCUT2D eigenvalue weighted by Crippen LogP contribution is -2.40. The van der Waals surface area contributed by atoms with Gasteiger partial charge in [0.15, 0.2) is 5.96 Å². The third kappa shape index (κ3) is 7.58. The molecule has 1 unspecified atom stereocenters. The normalized spacial score (nSPS) is 21.4. The molecule has 2 fully saturated rings. The predicted octanol–water partition coefficient (Wildman–Crippen LogP) is 3.52. The number of rotatable bonds is 6. The quantitative estimate of drug-likeness (QED) is 0.367. The van der Waals surface area contributed by atoms with Crippen molar-refractivity contribution in [1.29, 1.82) is 0 Å². The van der Waals surface area contributed by atoms with E-state index in [-0.39, 0.29) is 24.0 Å². The molecule has 0 spiro atoms. The van der Waals surface area contributed by atoms with E-state index in [0.29, 0.717) is 6.10 Å². The Hall–Kier alpha value is -0.860. The van der Waals surface area contributed by atoms with E-state index in [9.17, 15) is 0 Å². The molecule has 0 aromatic heterocycles. The Kier molecular flexibility index (Phi) is 10.4. The number of nitrogens with one attached hydrogen (secondary N) is 2. The highest BCUT2D eigenvalue weighted by Crippen LogP contribution is 2.16. The van der Waals surface area contributed by atoms with Gasteiger partial charge in [-0.05, 0) is 49.9 Å². The molecule has 3 rings (SSSR count). The maximum absolute atomic E-state index is 5.67. The molecule has 0 bridgehead atoms. The van der Waals surface area contributed by atoms with E-state index >= 15 is 0 Å². The Morgan fingerprint density at radius 2 is 1.81 bits per heavy atom. The predicted molar refractivity (Wildman–Crippen MR) is 123 cm³/mol. The Morgan fingerprint density at radius 1 is 1.07 bits per heavy atom. The number of hydrogen-bond donors (Lipinski definition) is 2. The highest BCUT2D eigenvalue weighted by atomic mass is 127. The van der Waals surface area contributed by atoms with Crippen LogP contribution in [-0.4, -0.2) is 50.3 Å². The fourth-order valence-electron chi connectivity index (χ4n) is 3.83. The summed E-state index contributed by atoms with van der Waals surface area (Å²) in [4.78, 5) is 6.96. The van der Waals surface area contributed by atoms with Gasteiger partial charge in [0, 0.05) is 33.3 Å². The molecule has 2 aliphatic heterocycles. The molecule has 2 N–H and O–H groups in total. The first-order valence-corrected chi connectivity index (χ1v) is 10.2. The molecular formula is C21H35IN4O. The standard InChI is InChI=1S/C21H34N4O.HI/c1-22-21(24-16-20-11-8-14-26-20)23-15-18-9-4-5-10-19(18)17-25-12-6-2-3-7-13-25;/h4-5,9-10,20H,2-3,6-8,11-17H2,1H3,(H2,22,23,24);1H. The van der Waals surface area contributed by atoms with Crippen LogP contribution in [-0.2, 0) is 17.8 Å². The average Bonchev–Trinajstić information content (AvgIpc) is 3.06. The van der Waals surface area contributed by atoms with Crippen molar-refractivity contribution in [3.63, 3.8) is 0 Å². The topological polar surface area (TPSA) is 48.9 Å². The van der Waals surface area contributed by atoms with E-state index < -0.39 is 0 Å². The van der Waals surface area contributed by atoms with Gasteiger partial charge in [0.25, 0.3) is 0 Å². The smallest absolute Gasteiger partial charge is 0.191 e. The number of guanidine groups is 1. The summed E-state index contributed by atoms with van der Waals surface area (Å²) in [6, 6.07) is 8.78. The summed E-state index contributed by atoms with van der Waals surface area (Å²) in [6.45, 7) is 6.03. The largest absolute Gasteiger partial charge is 0.376 e. The number of hydrogen-bond acceptors (Lipinski definition) is 3. The molecular weight excluding hydrogens is 451 g/mol. The molecule has 1 atom stereocenters. The van der Waals surface area contributed by atoms with E-state index in [1.807, 2.05) is 7.05 Å². The van der Waals surface area contributed by atoms with Crippen LogP contribution in [0.3, 0.4) is 0 Å². The molecule has 2 aliphatic rings. The highest BCUT2D eigenvalue weighted by molar-refractivity contribution is 14.0. The van der Waals surface area contributed by atoms with Crippen molar-refractivity contribution in [3.05, 3.63) is 35.4 Å². The Balaban J connectivity index is 0.00000261.